The lowest BCUT2D eigenvalue weighted by Crippen LogP contribution is -2.36. The Kier molecular flexibility index (Phi) is 4.05. The number of carbonyl (C=O) groups excluding carboxylic acids is 1. The van der Waals surface area contributed by atoms with Gasteiger partial charge in [-0.1, -0.05) is 0 Å². The monoisotopic (exact) mass is 413 g/mol. The molecule has 30 heavy (non-hydrogen) atoms. The van der Waals surface area contributed by atoms with E-state index in [2.05, 4.69) is 25.0 Å². The van der Waals surface area contributed by atoms with E-state index in [0.717, 1.165) is 17.7 Å². The molecule has 4 aromatic rings. The van der Waals surface area contributed by atoms with E-state index in [1.54, 1.807) is 11.9 Å². The Hall–Kier alpha value is -3.76. The summed E-state index contributed by atoms with van der Waals surface area (Å²) in [7, 11) is 1.64. The van der Waals surface area contributed by atoms with E-state index in [1.807, 2.05) is 0 Å². The second-order valence-corrected chi connectivity index (χ2v) is 6.95. The van der Waals surface area contributed by atoms with Gasteiger partial charge in [-0.25, -0.2) is 28.1 Å². The molecule has 11 heteroatoms. The maximum absolute atomic E-state index is 13.7. The minimum atomic E-state index is -1.51. The summed E-state index contributed by atoms with van der Waals surface area (Å²) in [5, 5.41) is 4.42. The van der Waals surface area contributed by atoms with Gasteiger partial charge in [0.2, 0.25) is 0 Å². The SMILES string of the molecule is Cn1nc2c(c1-c1cc(F)c(F)c(F)c1)CCN(C(=O)c1ncnc3nc[nH]c13)C2. The standard InChI is InChI=1S/C19H14F3N7O/c1-28-17(9-4-11(20)14(22)12(21)5-9)10-2-3-29(6-13(10)27-28)19(30)16-15-18(25-7-23-15)26-8-24-16/h4-5,7-8H,2-3,6H2,1H3,(H,23,24,25,26). The molecular weight excluding hydrogens is 399 g/mol. The van der Waals surface area contributed by atoms with Crippen molar-refractivity contribution in [1.29, 1.82) is 0 Å². The van der Waals surface area contributed by atoms with Gasteiger partial charge < -0.3 is 9.88 Å². The largest absolute Gasteiger partial charge is 0.341 e. The Morgan fingerprint density at radius 3 is 2.67 bits per heavy atom. The first-order valence-corrected chi connectivity index (χ1v) is 9.07. The molecule has 0 saturated carbocycles. The van der Waals surface area contributed by atoms with Crippen LogP contribution in [0.5, 0.6) is 0 Å². The Bertz CT molecular complexity index is 1290. The van der Waals surface area contributed by atoms with Crippen molar-refractivity contribution in [3.05, 3.63) is 59.2 Å². The molecule has 8 nitrogen and oxygen atoms in total. The first-order chi connectivity index (χ1) is 14.4. The zero-order valence-electron chi connectivity index (χ0n) is 15.7. The highest BCUT2D eigenvalue weighted by Crippen LogP contribution is 2.32. The Labute approximate surface area is 167 Å². The van der Waals surface area contributed by atoms with Gasteiger partial charge in [0, 0.05) is 24.7 Å². The van der Waals surface area contributed by atoms with Crippen LogP contribution in [-0.4, -0.2) is 47.1 Å². The summed E-state index contributed by atoms with van der Waals surface area (Å²) in [5.41, 5.74) is 3.11. The van der Waals surface area contributed by atoms with Crippen LogP contribution in [0.15, 0.2) is 24.8 Å². The molecule has 0 spiro atoms. The van der Waals surface area contributed by atoms with Crippen molar-refractivity contribution in [3.63, 3.8) is 0 Å². The normalized spacial score (nSPS) is 13.7. The Morgan fingerprint density at radius 2 is 1.90 bits per heavy atom. The van der Waals surface area contributed by atoms with Crippen LogP contribution in [0.2, 0.25) is 0 Å². The molecule has 0 radical (unpaired) electrons. The zero-order valence-corrected chi connectivity index (χ0v) is 15.7. The number of nitrogens with one attached hydrogen (secondary N) is 1. The summed E-state index contributed by atoms with van der Waals surface area (Å²) in [4.78, 5) is 29.6. The molecule has 1 aromatic carbocycles. The summed E-state index contributed by atoms with van der Waals surface area (Å²) in [6.45, 7) is 0.560. The van der Waals surface area contributed by atoms with Crippen LogP contribution >= 0.6 is 0 Å². The number of aryl methyl sites for hydroxylation is 1. The number of benzene rings is 1. The molecule has 3 aromatic heterocycles. The molecule has 0 fully saturated rings. The van der Waals surface area contributed by atoms with Gasteiger partial charge in [-0.05, 0) is 18.6 Å². The maximum Gasteiger partial charge on any atom is 0.275 e. The second kappa shape index (κ2) is 6.65. The molecule has 0 unspecified atom stereocenters. The molecular formula is C19H14F3N7O. The van der Waals surface area contributed by atoms with Crippen molar-refractivity contribution in [2.75, 3.05) is 6.54 Å². The van der Waals surface area contributed by atoms with Crippen molar-refractivity contribution in [1.82, 2.24) is 34.6 Å². The van der Waals surface area contributed by atoms with Crippen LogP contribution in [0.1, 0.15) is 21.7 Å². The third-order valence-electron chi connectivity index (χ3n) is 5.17. The van der Waals surface area contributed by atoms with E-state index < -0.39 is 17.5 Å². The summed E-state index contributed by atoms with van der Waals surface area (Å²) in [6, 6.07) is 1.90. The van der Waals surface area contributed by atoms with E-state index in [9.17, 15) is 18.0 Å². The van der Waals surface area contributed by atoms with Gasteiger partial charge in [-0.15, -0.1) is 0 Å². The highest BCUT2D eigenvalue weighted by molar-refractivity contribution is 6.02. The molecule has 0 aliphatic carbocycles. The lowest BCUT2D eigenvalue weighted by molar-refractivity contribution is 0.0728. The van der Waals surface area contributed by atoms with Crippen molar-refractivity contribution < 1.29 is 18.0 Å². The van der Waals surface area contributed by atoms with Crippen LogP contribution in [-0.2, 0) is 20.0 Å². The number of amides is 1. The van der Waals surface area contributed by atoms with Crippen molar-refractivity contribution in [2.45, 2.75) is 13.0 Å². The summed E-state index contributed by atoms with van der Waals surface area (Å²) in [6.07, 6.45) is 3.14. The molecule has 0 bridgehead atoms. The number of aromatic nitrogens is 6. The van der Waals surface area contributed by atoms with Crippen molar-refractivity contribution in [3.8, 4) is 11.3 Å². The second-order valence-electron chi connectivity index (χ2n) is 6.95. The zero-order chi connectivity index (χ0) is 21.0. The highest BCUT2D eigenvalue weighted by atomic mass is 19.2. The number of carbonyl (C=O) groups is 1. The highest BCUT2D eigenvalue weighted by Gasteiger charge is 2.30. The van der Waals surface area contributed by atoms with Crippen molar-refractivity contribution >= 4 is 17.1 Å². The molecule has 0 saturated heterocycles. The lowest BCUT2D eigenvalue weighted by atomic mass is 9.99. The van der Waals surface area contributed by atoms with E-state index >= 15 is 0 Å². The maximum atomic E-state index is 13.7. The number of hydrogen-bond donors (Lipinski definition) is 1. The Morgan fingerprint density at radius 1 is 1.13 bits per heavy atom. The van der Waals surface area contributed by atoms with Crippen LogP contribution in [0.4, 0.5) is 13.2 Å². The number of fused-ring (bicyclic) bond motifs is 2. The van der Waals surface area contributed by atoms with Crippen LogP contribution in [0, 0.1) is 17.5 Å². The van der Waals surface area contributed by atoms with Crippen molar-refractivity contribution in [2.24, 2.45) is 7.05 Å². The van der Waals surface area contributed by atoms with Crippen LogP contribution in [0.3, 0.4) is 0 Å². The van der Waals surface area contributed by atoms with E-state index in [1.165, 1.54) is 17.3 Å². The number of H-pyrrole nitrogens is 1. The number of halogens is 3. The topological polar surface area (TPSA) is 92.6 Å². The first-order valence-electron chi connectivity index (χ1n) is 9.07. The van der Waals surface area contributed by atoms with Gasteiger partial charge in [0.25, 0.3) is 5.91 Å². The quantitative estimate of drug-likeness (QED) is 0.510. The number of aromatic amines is 1. The summed E-state index contributed by atoms with van der Waals surface area (Å²) >= 11 is 0. The lowest BCUT2D eigenvalue weighted by Gasteiger charge is -2.26. The third kappa shape index (κ3) is 2.73. The van der Waals surface area contributed by atoms with E-state index in [-0.39, 0.29) is 23.7 Å². The molecule has 152 valence electrons. The molecule has 1 amide bonds. The number of nitrogens with zero attached hydrogens (tertiary/aromatic N) is 6. The van der Waals surface area contributed by atoms with Gasteiger partial charge in [-0.2, -0.15) is 5.10 Å². The smallest absolute Gasteiger partial charge is 0.275 e. The third-order valence-corrected chi connectivity index (χ3v) is 5.17. The van der Waals surface area contributed by atoms with Gasteiger partial charge in [-0.3, -0.25) is 9.48 Å². The van der Waals surface area contributed by atoms with Crippen LogP contribution in [0.25, 0.3) is 22.4 Å². The minimum Gasteiger partial charge on any atom is -0.341 e. The average molecular weight is 413 g/mol. The van der Waals surface area contributed by atoms with Crippen LogP contribution < -0.4 is 0 Å². The van der Waals surface area contributed by atoms with Gasteiger partial charge in [0.1, 0.15) is 11.8 Å². The number of imidazole rings is 1. The molecule has 5 rings (SSSR count). The molecule has 1 N–H and O–H groups in total. The first kappa shape index (κ1) is 18.3. The fourth-order valence-corrected chi connectivity index (χ4v) is 3.82. The summed E-state index contributed by atoms with van der Waals surface area (Å²) in [5.74, 6) is -4.34. The van der Waals surface area contributed by atoms with Gasteiger partial charge >= 0.3 is 0 Å². The molecule has 1 aliphatic rings. The Balaban J connectivity index is 1.49. The predicted molar refractivity (Wildman–Crippen MR) is 98.6 cm³/mol. The fourth-order valence-electron chi connectivity index (χ4n) is 3.82. The fraction of sp³-hybridized carbons (Fsp3) is 0.211. The van der Waals surface area contributed by atoms with E-state index in [0.29, 0.717) is 35.5 Å². The average Bonchev–Trinajstić information content (AvgIpc) is 3.33. The van der Waals surface area contributed by atoms with Gasteiger partial charge in [0.05, 0.1) is 24.3 Å². The number of rotatable bonds is 2. The molecule has 1 aliphatic heterocycles. The number of hydrogen-bond acceptors (Lipinski definition) is 5. The molecule has 0 atom stereocenters. The van der Waals surface area contributed by atoms with E-state index in [4.69, 9.17) is 0 Å². The summed E-state index contributed by atoms with van der Waals surface area (Å²) < 4.78 is 42.3. The van der Waals surface area contributed by atoms with Gasteiger partial charge in [0.15, 0.2) is 28.8 Å². The predicted octanol–water partition coefficient (Wildman–Crippen LogP) is 2.37. The molecule has 4 heterocycles. The minimum absolute atomic E-state index is 0.192.